The van der Waals surface area contributed by atoms with Crippen LogP contribution in [0.2, 0.25) is 0 Å². The van der Waals surface area contributed by atoms with Gasteiger partial charge in [-0.05, 0) is 93.5 Å². The van der Waals surface area contributed by atoms with E-state index in [9.17, 15) is 33.1 Å². The molecule has 0 radical (unpaired) electrons. The van der Waals surface area contributed by atoms with Crippen LogP contribution in [-0.2, 0) is 31.8 Å². The molecule has 0 bridgehead atoms. The molecule has 3 heterocycles. The Morgan fingerprint density at radius 1 is 1.03 bits per heavy atom. The molecule has 18 heteroatoms. The fourth-order valence-electron chi connectivity index (χ4n) is 6.68. The molecule has 3 aromatic carbocycles. The summed E-state index contributed by atoms with van der Waals surface area (Å²) in [5.41, 5.74) is 1.99. The number of carbonyl (C=O) groups excluding carboxylic acids is 2. The average Bonchev–Trinajstić information content (AvgIpc) is 3.89. The standard InChI is InChI=1S/C41H43F3N6O7S2/c1-25-36(59-24-48-25)26-4-5-28(22-47-37(52)34-20-31(51)23-46-34)35(18-26)57-17-15-55-13-12-54-14-16-56-32-10-8-29(9-11-32)50-39(58)49(38(53)40(50,2)3)30-7-6-27(21-45)33(19-30)41(42,43)44/h4-11,18-19,24,31,34,46,51H,12-17,20,22-23H2,1-3H3,(H,47,52). The lowest BCUT2D eigenvalue weighted by molar-refractivity contribution is -0.137. The van der Waals surface area contributed by atoms with Gasteiger partial charge in [-0.25, -0.2) is 4.98 Å². The summed E-state index contributed by atoms with van der Waals surface area (Å²) in [5, 5.41) is 24.9. The molecule has 13 nitrogen and oxygen atoms in total. The molecule has 0 aliphatic carbocycles. The number of anilines is 2. The lowest BCUT2D eigenvalue weighted by Gasteiger charge is -2.29. The maximum Gasteiger partial charge on any atom is 0.417 e. The topological polar surface area (TPSA) is 159 Å². The number of aryl methyl sites for hydroxylation is 1. The second kappa shape index (κ2) is 18.8. The number of alkyl halides is 3. The van der Waals surface area contributed by atoms with Crippen LogP contribution in [0.25, 0.3) is 10.4 Å². The Morgan fingerprint density at radius 3 is 2.34 bits per heavy atom. The number of nitriles is 1. The van der Waals surface area contributed by atoms with Gasteiger partial charge < -0.3 is 39.6 Å². The minimum Gasteiger partial charge on any atom is -0.491 e. The summed E-state index contributed by atoms with van der Waals surface area (Å²) < 4.78 is 64.3. The van der Waals surface area contributed by atoms with Gasteiger partial charge in [-0.2, -0.15) is 18.4 Å². The number of hydrogen-bond donors (Lipinski definition) is 3. The number of aliphatic hydroxyl groups is 1. The van der Waals surface area contributed by atoms with Gasteiger partial charge in [-0.3, -0.25) is 14.5 Å². The molecule has 0 spiro atoms. The van der Waals surface area contributed by atoms with Crippen molar-refractivity contribution in [1.29, 1.82) is 5.26 Å². The Hall–Kier alpha value is -5.16. The first-order chi connectivity index (χ1) is 28.2. The highest BCUT2D eigenvalue weighted by Gasteiger charge is 2.50. The Bertz CT molecular complexity index is 2190. The molecule has 6 rings (SSSR count). The number of halogens is 3. The van der Waals surface area contributed by atoms with Gasteiger partial charge in [0.15, 0.2) is 5.11 Å². The summed E-state index contributed by atoms with van der Waals surface area (Å²) in [4.78, 5) is 34.1. The van der Waals surface area contributed by atoms with Crippen molar-refractivity contribution < 1.29 is 46.8 Å². The molecule has 2 atom stereocenters. The Balaban J connectivity index is 0.930. The number of carbonyl (C=O) groups is 2. The fourth-order valence-corrected chi connectivity index (χ4v) is 8.00. The predicted octanol–water partition coefficient (Wildman–Crippen LogP) is 5.76. The van der Waals surface area contributed by atoms with Crippen LogP contribution in [-0.4, -0.2) is 90.9 Å². The van der Waals surface area contributed by atoms with E-state index in [1.807, 2.05) is 25.1 Å². The summed E-state index contributed by atoms with van der Waals surface area (Å²) in [5.74, 6) is 0.447. The summed E-state index contributed by atoms with van der Waals surface area (Å²) >= 11 is 7.15. The molecule has 312 valence electrons. The van der Waals surface area contributed by atoms with Crippen molar-refractivity contribution in [3.05, 3.63) is 88.6 Å². The minimum atomic E-state index is -4.79. The molecule has 2 unspecified atom stereocenters. The normalized spacial score (nSPS) is 17.7. The van der Waals surface area contributed by atoms with Gasteiger partial charge in [-0.15, -0.1) is 11.3 Å². The number of benzene rings is 3. The lowest BCUT2D eigenvalue weighted by atomic mass is 10.0. The summed E-state index contributed by atoms with van der Waals surface area (Å²) in [6.07, 6.45) is -4.96. The first-order valence-electron chi connectivity index (χ1n) is 18.7. The Kier molecular flexibility index (Phi) is 13.9. The van der Waals surface area contributed by atoms with Gasteiger partial charge in [-0.1, -0.05) is 12.1 Å². The van der Waals surface area contributed by atoms with E-state index in [2.05, 4.69) is 15.6 Å². The number of nitrogens with one attached hydrogen (secondary N) is 2. The zero-order chi connectivity index (χ0) is 42.3. The van der Waals surface area contributed by atoms with Crippen LogP contribution in [0.4, 0.5) is 24.5 Å². The molecule has 2 saturated heterocycles. The lowest BCUT2D eigenvalue weighted by Crippen LogP contribution is -2.44. The van der Waals surface area contributed by atoms with Gasteiger partial charge in [0.25, 0.3) is 5.91 Å². The van der Waals surface area contributed by atoms with E-state index >= 15 is 0 Å². The number of aromatic nitrogens is 1. The van der Waals surface area contributed by atoms with Gasteiger partial charge in [0.1, 0.15) is 30.3 Å². The van der Waals surface area contributed by atoms with E-state index in [0.717, 1.165) is 38.7 Å². The molecule has 4 aromatic rings. The van der Waals surface area contributed by atoms with E-state index in [1.165, 1.54) is 17.4 Å². The number of ether oxygens (including phenoxy) is 4. The quantitative estimate of drug-likeness (QED) is 0.0874. The van der Waals surface area contributed by atoms with E-state index in [1.54, 1.807) is 54.6 Å². The van der Waals surface area contributed by atoms with Crippen molar-refractivity contribution in [3.8, 4) is 28.0 Å². The highest BCUT2D eigenvalue weighted by Crippen LogP contribution is 2.40. The van der Waals surface area contributed by atoms with Crippen molar-refractivity contribution in [1.82, 2.24) is 15.6 Å². The van der Waals surface area contributed by atoms with Crippen LogP contribution in [0.5, 0.6) is 11.5 Å². The number of aliphatic hydroxyl groups excluding tert-OH is 1. The van der Waals surface area contributed by atoms with Gasteiger partial charge >= 0.3 is 6.18 Å². The van der Waals surface area contributed by atoms with Crippen molar-refractivity contribution >= 4 is 51.9 Å². The largest absolute Gasteiger partial charge is 0.491 e. The van der Waals surface area contributed by atoms with Crippen LogP contribution in [0.3, 0.4) is 0 Å². The van der Waals surface area contributed by atoms with E-state index in [-0.39, 0.29) is 43.1 Å². The van der Waals surface area contributed by atoms with Crippen molar-refractivity contribution in [2.24, 2.45) is 0 Å². The van der Waals surface area contributed by atoms with Crippen molar-refractivity contribution in [3.63, 3.8) is 0 Å². The number of rotatable bonds is 17. The molecular weight excluding hydrogens is 810 g/mol. The van der Waals surface area contributed by atoms with E-state index in [0.29, 0.717) is 50.0 Å². The minimum absolute atomic E-state index is 0.00448. The first kappa shape index (κ1) is 43.4. The van der Waals surface area contributed by atoms with Crippen LogP contribution < -0.4 is 29.9 Å². The summed E-state index contributed by atoms with van der Waals surface area (Å²) in [6.45, 7) is 7.58. The zero-order valence-corrected chi connectivity index (χ0v) is 34.1. The molecule has 0 saturated carbocycles. The highest BCUT2D eigenvalue weighted by atomic mass is 32.1. The number of nitrogens with zero attached hydrogens (tertiary/aromatic N) is 4. The van der Waals surface area contributed by atoms with Gasteiger partial charge in [0.2, 0.25) is 5.91 Å². The second-order valence-electron chi connectivity index (χ2n) is 14.2. The average molecular weight is 853 g/mol. The van der Waals surface area contributed by atoms with Gasteiger partial charge in [0, 0.05) is 24.3 Å². The molecular formula is C41H43F3N6O7S2. The number of thiazole rings is 1. The van der Waals surface area contributed by atoms with Crippen LogP contribution >= 0.6 is 23.6 Å². The Labute approximate surface area is 348 Å². The Morgan fingerprint density at radius 2 is 1.71 bits per heavy atom. The molecule has 59 heavy (non-hydrogen) atoms. The third-order valence-electron chi connectivity index (χ3n) is 9.76. The molecule has 2 fully saturated rings. The van der Waals surface area contributed by atoms with Crippen LogP contribution in [0.15, 0.2) is 66.2 Å². The zero-order valence-electron chi connectivity index (χ0n) is 32.5. The van der Waals surface area contributed by atoms with Crippen molar-refractivity contribution in [2.45, 2.75) is 57.6 Å². The molecule has 2 aliphatic heterocycles. The monoisotopic (exact) mass is 852 g/mol. The number of amides is 2. The maximum atomic E-state index is 13.7. The maximum absolute atomic E-state index is 13.7. The molecule has 3 N–H and O–H groups in total. The van der Waals surface area contributed by atoms with Gasteiger partial charge in [0.05, 0.1) is 77.5 Å². The third-order valence-corrected chi connectivity index (χ3v) is 11.1. The fraction of sp³-hybridized carbons (Fsp3) is 0.390. The summed E-state index contributed by atoms with van der Waals surface area (Å²) in [6, 6.07) is 16.8. The third kappa shape index (κ3) is 10.2. The van der Waals surface area contributed by atoms with Crippen LogP contribution in [0.1, 0.15) is 42.7 Å². The van der Waals surface area contributed by atoms with E-state index in [4.69, 9.17) is 31.2 Å². The second-order valence-corrected chi connectivity index (χ2v) is 15.5. The summed E-state index contributed by atoms with van der Waals surface area (Å²) in [7, 11) is 0. The molecule has 2 amide bonds. The number of thiocarbonyl (C=S) groups is 1. The first-order valence-corrected chi connectivity index (χ1v) is 20.0. The molecule has 2 aliphatic rings. The van der Waals surface area contributed by atoms with Crippen molar-refractivity contribution in [2.75, 3.05) is 56.0 Å². The number of hydrogen-bond acceptors (Lipinski definition) is 12. The van der Waals surface area contributed by atoms with E-state index < -0.39 is 40.9 Å². The predicted molar refractivity (Wildman–Crippen MR) is 218 cm³/mol. The molecule has 1 aromatic heterocycles. The smallest absolute Gasteiger partial charge is 0.417 e. The highest BCUT2D eigenvalue weighted by molar-refractivity contribution is 7.81. The number of β-amino-alcohol motifs (C(OH)–C–C–N with tert-alkyl or cyclic N) is 1. The SMILES string of the molecule is Cc1ncsc1-c1ccc(CNC(=O)C2CC(O)CN2)c(OCCOCCOCCOc2ccc(N3C(=S)N(c4ccc(C#N)c(C(F)(F)F)c4)C(=O)C3(C)C)cc2)c1. The van der Waals surface area contributed by atoms with Crippen LogP contribution in [0, 0.1) is 18.3 Å².